The number of ether oxygens (including phenoxy) is 2. The maximum absolute atomic E-state index is 13.7. The molecule has 0 bridgehead atoms. The highest BCUT2D eigenvalue weighted by Crippen LogP contribution is 2.67. The number of allylic oxidation sites excluding steroid dienone is 1. The third kappa shape index (κ3) is 9.28. The monoisotopic (exact) mass is 702 g/mol. The number of nitrogens with one attached hydrogen (secondary N) is 2. The van der Waals surface area contributed by atoms with E-state index in [2.05, 4.69) is 32.2 Å². The molecule has 0 aromatic heterocycles. The molecule has 0 aromatic rings. The summed E-state index contributed by atoms with van der Waals surface area (Å²) >= 11 is 0. The van der Waals surface area contributed by atoms with Crippen molar-refractivity contribution in [1.29, 1.82) is 0 Å². The first-order chi connectivity index (χ1) is 23.5. The fourth-order valence-electron chi connectivity index (χ4n) is 10.6. The van der Waals surface area contributed by atoms with Gasteiger partial charge in [0.2, 0.25) is 5.91 Å². The number of hydrogen-bond acceptors (Lipinski definition) is 6. The normalized spacial score (nSPS) is 33.2. The number of carbonyl (C=O) groups is 3. The maximum atomic E-state index is 13.7. The summed E-state index contributed by atoms with van der Waals surface area (Å²) in [6.45, 7) is 23.8. The maximum Gasteiger partial charge on any atom is 0.408 e. The van der Waals surface area contributed by atoms with Gasteiger partial charge in [0.25, 0.3) is 0 Å². The molecule has 50 heavy (non-hydrogen) atoms. The van der Waals surface area contributed by atoms with Crippen molar-refractivity contribution in [1.82, 2.24) is 10.6 Å². The number of fused-ring (bicyclic) bond motifs is 5. The van der Waals surface area contributed by atoms with E-state index >= 15 is 0 Å². The predicted octanol–water partition coefficient (Wildman–Crippen LogP) is 8.74. The number of aliphatic hydroxyl groups is 1. The largest absolute Gasteiger partial charge is 0.461 e. The van der Waals surface area contributed by atoms with Gasteiger partial charge in [-0.15, -0.1) is 0 Å². The second-order valence-electron chi connectivity index (χ2n) is 19.5. The molecule has 3 fully saturated rings. The zero-order chi connectivity index (χ0) is 38.3. The van der Waals surface area contributed by atoms with Gasteiger partial charge in [-0.2, -0.15) is 0 Å². The third-order valence-corrected chi connectivity index (χ3v) is 13.3. The Morgan fingerprint density at radius 3 is 2.22 bits per heavy atom. The Hall–Kier alpha value is -2.09. The Balaban J connectivity index is 1.39. The van der Waals surface area contributed by atoms with Gasteiger partial charge in [0.1, 0.15) is 23.8 Å². The number of hydrogen-bond donors (Lipinski definition) is 3. The van der Waals surface area contributed by atoms with E-state index in [1.807, 2.05) is 27.7 Å². The summed E-state index contributed by atoms with van der Waals surface area (Å²) in [6.07, 6.45) is 13.4. The topological polar surface area (TPSA) is 114 Å². The first kappa shape index (κ1) is 39.1. The first-order valence-corrected chi connectivity index (χ1v) is 19.9. The van der Waals surface area contributed by atoms with E-state index in [-0.39, 0.29) is 23.4 Å². The Morgan fingerprint density at radius 1 is 0.960 bits per heavy atom. The molecule has 0 unspecified atom stereocenters. The molecule has 0 spiro atoms. The minimum atomic E-state index is -1.13. The minimum Gasteiger partial charge on any atom is -0.461 e. The number of amides is 2. The molecule has 3 N–H and O–H groups in total. The summed E-state index contributed by atoms with van der Waals surface area (Å²) < 4.78 is 19.9. The molecule has 0 aromatic carbocycles. The molecule has 0 heterocycles. The van der Waals surface area contributed by atoms with Gasteiger partial charge in [-0.05, 0) is 138 Å². The van der Waals surface area contributed by atoms with Gasteiger partial charge < -0.3 is 25.2 Å². The number of rotatable bonds is 12. The van der Waals surface area contributed by atoms with Crippen molar-refractivity contribution in [2.45, 2.75) is 183 Å². The summed E-state index contributed by atoms with van der Waals surface area (Å²) in [5, 5.41) is 13.7. The number of carbonyl (C=O) groups excluding carboxylic acids is 3. The van der Waals surface area contributed by atoms with Gasteiger partial charge in [0.05, 0.1) is 5.60 Å². The lowest BCUT2D eigenvalue weighted by Gasteiger charge is -2.58. The highest BCUT2D eigenvalue weighted by atomic mass is 16.6. The summed E-state index contributed by atoms with van der Waals surface area (Å²) in [4.78, 5) is 39.8. The van der Waals surface area contributed by atoms with E-state index in [9.17, 15) is 19.5 Å². The Morgan fingerprint density at radius 2 is 1.62 bits per heavy atom. The van der Waals surface area contributed by atoms with Crippen LogP contribution in [0.4, 0.5) is 4.79 Å². The van der Waals surface area contributed by atoms with E-state index in [1.165, 1.54) is 37.7 Å². The lowest BCUT2D eigenvalue weighted by atomic mass is 9.47. The van der Waals surface area contributed by atoms with Crippen molar-refractivity contribution >= 4 is 18.0 Å². The van der Waals surface area contributed by atoms with Crippen molar-refractivity contribution in [3.8, 4) is 0 Å². The lowest BCUT2D eigenvalue weighted by molar-refractivity contribution is -0.157. The van der Waals surface area contributed by atoms with E-state index in [0.717, 1.165) is 50.4 Å². The van der Waals surface area contributed by atoms with E-state index in [0.29, 0.717) is 28.5 Å². The van der Waals surface area contributed by atoms with Crippen molar-refractivity contribution < 1.29 is 30.4 Å². The smallest absolute Gasteiger partial charge is 0.408 e. The van der Waals surface area contributed by atoms with Crippen molar-refractivity contribution in [2.24, 2.45) is 52.3 Å². The van der Waals surface area contributed by atoms with Crippen LogP contribution in [0.25, 0.3) is 0 Å². The van der Waals surface area contributed by atoms with Crippen LogP contribution in [0, 0.1) is 52.3 Å². The highest BCUT2D eigenvalue weighted by Gasteiger charge is 2.59. The molecule has 4 rings (SSSR count). The Kier molecular flexibility index (Phi) is 12.1. The molecular formula is C42H72N2O6. The van der Waals surface area contributed by atoms with Crippen LogP contribution in [0.5, 0.6) is 0 Å². The van der Waals surface area contributed by atoms with Crippen LogP contribution < -0.4 is 10.6 Å². The molecular weight excluding hydrogens is 628 g/mol. The molecule has 0 saturated heterocycles. The quantitative estimate of drug-likeness (QED) is 0.139. The second-order valence-corrected chi connectivity index (χ2v) is 19.5. The van der Waals surface area contributed by atoms with Crippen molar-refractivity contribution in [2.75, 3.05) is 0 Å². The standard InChI is InChI=1S/C42H72N2O6/c1-25(2)34(44-38(47)50-39(6,7)8)36(45)43-35(26(3)4)37(46)49-29-19-22-41(11)28(24-29)15-16-30-32-18-17-31(42(32,12)23-20-33(30)41)27(5)14-13-21-40(9,10)48/h15,25-27,29-35,48H,13-14,16-24H2,1-12H3,(H,43,45)(H,44,47)/t27-,29+,30+,31-,32+,33+,34+,35+,41+,42-/m1/s1/i/hD. The summed E-state index contributed by atoms with van der Waals surface area (Å²) in [6, 6.07) is -2.02. The molecule has 8 nitrogen and oxygen atoms in total. The van der Waals surface area contributed by atoms with Crippen LogP contribution >= 0.6 is 0 Å². The van der Waals surface area contributed by atoms with E-state index in [1.54, 1.807) is 34.6 Å². The van der Waals surface area contributed by atoms with Crippen LogP contribution in [0.2, 0.25) is 1.41 Å². The summed E-state index contributed by atoms with van der Waals surface area (Å²) in [7, 11) is 0. The fraction of sp³-hybridized carbons (Fsp3) is 0.881. The van der Waals surface area contributed by atoms with Crippen LogP contribution in [-0.4, -0.2) is 52.5 Å². The third-order valence-electron chi connectivity index (χ3n) is 13.3. The molecule has 10 atom stereocenters. The van der Waals surface area contributed by atoms with Crippen LogP contribution in [0.15, 0.2) is 11.6 Å². The van der Waals surface area contributed by atoms with E-state index < -0.39 is 41.3 Å². The average Bonchev–Trinajstić information content (AvgIpc) is 3.35. The predicted molar refractivity (Wildman–Crippen MR) is 199 cm³/mol. The van der Waals surface area contributed by atoms with Crippen molar-refractivity contribution in [3.05, 3.63) is 11.6 Å². The Bertz CT molecular complexity index is 1280. The summed E-state index contributed by atoms with van der Waals surface area (Å²) in [5.74, 6) is 1.91. The molecule has 286 valence electrons. The van der Waals surface area contributed by atoms with Gasteiger partial charge in [0.15, 0.2) is 1.41 Å². The van der Waals surface area contributed by atoms with Crippen LogP contribution in [0.1, 0.15) is 154 Å². The average molecular weight is 702 g/mol. The van der Waals surface area contributed by atoms with Gasteiger partial charge in [-0.3, -0.25) is 4.79 Å². The molecule has 8 heteroatoms. The molecule has 3 saturated carbocycles. The van der Waals surface area contributed by atoms with Gasteiger partial charge in [0, 0.05) is 6.42 Å². The van der Waals surface area contributed by atoms with Gasteiger partial charge in [-0.25, -0.2) is 9.59 Å². The zero-order valence-corrected chi connectivity index (χ0v) is 33.6. The molecule has 0 radical (unpaired) electrons. The van der Waals surface area contributed by atoms with Gasteiger partial charge >= 0.3 is 12.1 Å². The summed E-state index contributed by atoms with van der Waals surface area (Å²) in [5.41, 5.74) is 0.561. The molecule has 4 aliphatic carbocycles. The molecule has 4 aliphatic rings. The highest BCUT2D eigenvalue weighted by molar-refractivity contribution is 5.90. The van der Waals surface area contributed by atoms with Crippen LogP contribution in [-0.2, 0) is 19.1 Å². The van der Waals surface area contributed by atoms with E-state index in [4.69, 9.17) is 10.9 Å². The lowest BCUT2D eigenvalue weighted by Crippen LogP contribution is -2.56. The second kappa shape index (κ2) is 15.5. The fourth-order valence-corrected chi connectivity index (χ4v) is 10.6. The molecule has 2 amide bonds. The van der Waals surface area contributed by atoms with Gasteiger partial charge in [-0.1, -0.05) is 73.0 Å². The zero-order valence-electron chi connectivity index (χ0n) is 34.6. The van der Waals surface area contributed by atoms with Crippen LogP contribution in [0.3, 0.4) is 0 Å². The number of alkyl carbamates (subject to hydrolysis) is 1. The molecule has 0 aliphatic heterocycles. The SMILES string of the molecule is [2H]N(C(=O)OC(C)(C)C)[C@H](C(=O)N[C@H](C(=O)O[C@H]1CC[C@@]2(C)C(=CC[C@H]3[C@@H]4CC[C@H]([C@H](C)CCCC(C)(C)O)[C@@]4(C)CC[C@@H]32)C1)C(C)C)C(C)C. The number of esters is 1. The first-order valence-electron chi connectivity index (χ1n) is 20.4. The Labute approximate surface area is 305 Å². The minimum absolute atomic E-state index is 0.124. The van der Waals surface area contributed by atoms with Crippen molar-refractivity contribution in [3.63, 3.8) is 0 Å².